The van der Waals surface area contributed by atoms with Crippen LogP contribution in [0.3, 0.4) is 0 Å². The van der Waals surface area contributed by atoms with Gasteiger partial charge < -0.3 is 4.15 Å². The Kier molecular flexibility index (Phi) is 2.32. The van der Waals surface area contributed by atoms with E-state index in [0.29, 0.717) is 0 Å². The van der Waals surface area contributed by atoms with Gasteiger partial charge in [-0.1, -0.05) is 15.3 Å². The van der Waals surface area contributed by atoms with Crippen molar-refractivity contribution in [2.75, 3.05) is 21.1 Å². The molecule has 0 heterocycles. The second kappa shape index (κ2) is 2.09. The number of halogens is 1. The van der Waals surface area contributed by atoms with Crippen LogP contribution in [0.25, 0.3) is 0 Å². The fraction of sp³-hybridized carbons (Fsp3) is 1.00. The monoisotopic (exact) mass is 168 g/mol. The Hall–Kier alpha value is 0.657. The molecule has 0 saturated carbocycles. The molecule has 0 aliphatic carbocycles. The Labute approximate surface area is 49.4 Å². The van der Waals surface area contributed by atoms with Gasteiger partial charge in [0.15, 0.2) is 0 Å². The van der Waals surface area contributed by atoms with Crippen molar-refractivity contribution in [2.45, 2.75) is 0 Å². The first kappa shape index (κ1) is 6.66. The first-order chi connectivity index (χ1) is 2.56. The predicted octanol–water partition coefficient (Wildman–Crippen LogP) is 0.0863. The lowest BCUT2D eigenvalue weighted by molar-refractivity contribution is -0.751. The predicted molar refractivity (Wildman–Crippen MR) is 35.5 cm³/mol. The fourth-order valence-corrected chi connectivity index (χ4v) is 0. The van der Waals surface area contributed by atoms with Gasteiger partial charge in [-0.15, -0.1) is 0 Å². The lowest BCUT2D eigenvalue weighted by atomic mass is 11.0. The van der Waals surface area contributed by atoms with E-state index in [1.807, 2.05) is 0 Å². The molecule has 0 aromatic heterocycles. The molecule has 0 unspecified atom stereocenters. The molecule has 0 amide bonds. The van der Waals surface area contributed by atoms with Gasteiger partial charge in [-0.3, -0.25) is 0 Å². The van der Waals surface area contributed by atoms with Crippen molar-refractivity contribution >= 4 is 23.6 Å². The molecule has 0 bridgehead atoms. The van der Waals surface area contributed by atoms with E-state index < -0.39 is 0 Å². The first-order valence-corrected chi connectivity index (χ1v) is 6.46. The summed E-state index contributed by atoms with van der Waals surface area (Å²) in [5, 5.41) is 0. The average molecular weight is 169 g/mol. The smallest absolute Gasteiger partial charge is 0.326 e. The molecular formula is C3H11BrNSi+. The molecule has 1 nitrogen and oxygen atoms in total. The van der Waals surface area contributed by atoms with E-state index in [4.69, 9.17) is 0 Å². The average Bonchev–Trinajstić information content (AvgIpc) is 1.35. The number of hydrogen-bond acceptors (Lipinski definition) is 0. The van der Waals surface area contributed by atoms with Gasteiger partial charge in [0.05, 0.1) is 21.1 Å². The van der Waals surface area contributed by atoms with Gasteiger partial charge in [-0.2, -0.15) is 0 Å². The summed E-state index contributed by atoms with van der Waals surface area (Å²) in [5.41, 5.74) is 0. The molecule has 0 aliphatic rings. The summed E-state index contributed by atoms with van der Waals surface area (Å²) in [6.45, 7) is 0. The van der Waals surface area contributed by atoms with E-state index in [2.05, 4.69) is 36.4 Å². The fourth-order valence-electron chi connectivity index (χ4n) is 0. The Morgan fingerprint density at radius 3 is 1.50 bits per heavy atom. The highest BCUT2D eigenvalue weighted by molar-refractivity contribution is 9.23. The minimum atomic E-state index is 0.00231. The maximum Gasteiger partial charge on any atom is 0.326 e. The molecule has 0 saturated heterocycles. The maximum absolute atomic E-state index is 3.48. The third kappa shape index (κ3) is 4.66. The Morgan fingerprint density at radius 1 is 1.33 bits per heavy atom. The van der Waals surface area contributed by atoms with Gasteiger partial charge in [0.25, 0.3) is 0 Å². The van der Waals surface area contributed by atoms with Crippen molar-refractivity contribution in [1.29, 1.82) is 0 Å². The first-order valence-electron chi connectivity index (χ1n) is 1.93. The normalized spacial score (nSPS) is 14.0. The molecule has 0 radical (unpaired) electrons. The quantitative estimate of drug-likeness (QED) is 0.385. The van der Waals surface area contributed by atoms with Crippen molar-refractivity contribution in [3.8, 4) is 0 Å². The lowest BCUT2D eigenvalue weighted by Crippen LogP contribution is -2.34. The minimum absolute atomic E-state index is 0.00231. The highest BCUT2D eigenvalue weighted by atomic mass is 79.9. The number of hydrogen-bond donors (Lipinski definition) is 0. The maximum atomic E-state index is 3.48. The van der Waals surface area contributed by atoms with Crippen molar-refractivity contribution in [2.24, 2.45) is 0 Å². The van der Waals surface area contributed by atoms with Crippen LogP contribution in [0.2, 0.25) is 0 Å². The van der Waals surface area contributed by atoms with Crippen LogP contribution in [0.1, 0.15) is 0 Å². The number of rotatable bonds is 1. The van der Waals surface area contributed by atoms with E-state index in [9.17, 15) is 0 Å². The van der Waals surface area contributed by atoms with Crippen LogP contribution in [0.5, 0.6) is 0 Å². The molecule has 0 atom stereocenters. The van der Waals surface area contributed by atoms with Crippen LogP contribution < -0.4 is 0 Å². The van der Waals surface area contributed by atoms with E-state index >= 15 is 0 Å². The van der Waals surface area contributed by atoms with Gasteiger partial charge in [-0.25, -0.2) is 0 Å². The highest BCUT2D eigenvalue weighted by Crippen LogP contribution is 1.88. The molecule has 0 aromatic rings. The summed E-state index contributed by atoms with van der Waals surface area (Å²) in [6, 6.07) is 0. The van der Waals surface area contributed by atoms with Crippen molar-refractivity contribution in [3.63, 3.8) is 0 Å². The molecule has 0 spiro atoms. The zero-order chi connectivity index (χ0) is 5.21. The van der Waals surface area contributed by atoms with E-state index in [1.165, 1.54) is 0 Å². The summed E-state index contributed by atoms with van der Waals surface area (Å²) >= 11 is 3.48. The van der Waals surface area contributed by atoms with Crippen LogP contribution in [-0.2, 0) is 0 Å². The van der Waals surface area contributed by atoms with Gasteiger partial charge in [-0.05, 0) is 0 Å². The topological polar surface area (TPSA) is 0 Å². The van der Waals surface area contributed by atoms with Crippen LogP contribution >= 0.6 is 15.3 Å². The van der Waals surface area contributed by atoms with Gasteiger partial charge in [0, 0.05) is 0 Å². The molecule has 0 rings (SSSR count). The molecule has 3 heteroatoms. The molecule has 0 aromatic carbocycles. The van der Waals surface area contributed by atoms with E-state index in [-0.39, 0.29) is 8.30 Å². The van der Waals surface area contributed by atoms with Crippen LogP contribution in [0.15, 0.2) is 0 Å². The van der Waals surface area contributed by atoms with Crippen molar-refractivity contribution < 1.29 is 4.15 Å². The van der Waals surface area contributed by atoms with Crippen LogP contribution in [-0.4, -0.2) is 33.6 Å². The van der Waals surface area contributed by atoms with Crippen molar-refractivity contribution in [1.82, 2.24) is 0 Å². The van der Waals surface area contributed by atoms with Gasteiger partial charge >= 0.3 is 8.30 Å². The summed E-state index contributed by atoms with van der Waals surface area (Å²) < 4.78 is 1.12. The minimum Gasteiger partial charge on any atom is -0.387 e. The summed E-state index contributed by atoms with van der Waals surface area (Å²) in [7, 11) is 6.59. The second-order valence-corrected chi connectivity index (χ2v) is 6.05. The largest absolute Gasteiger partial charge is 0.387 e. The molecule has 0 N–H and O–H groups in total. The van der Waals surface area contributed by atoms with Crippen molar-refractivity contribution in [3.05, 3.63) is 0 Å². The molecular weight excluding hydrogens is 158 g/mol. The lowest BCUT2D eigenvalue weighted by Gasteiger charge is -2.20. The van der Waals surface area contributed by atoms with Gasteiger partial charge in [0.1, 0.15) is 0 Å². The van der Waals surface area contributed by atoms with Crippen LogP contribution in [0.4, 0.5) is 0 Å². The zero-order valence-electron chi connectivity index (χ0n) is 4.53. The van der Waals surface area contributed by atoms with E-state index in [1.54, 1.807) is 0 Å². The Morgan fingerprint density at radius 2 is 1.50 bits per heavy atom. The number of nitrogens with zero attached hydrogens (tertiary/aromatic N) is 1. The summed E-state index contributed by atoms with van der Waals surface area (Å²) in [4.78, 5) is 0. The standard InChI is InChI=1S/C3H11BrNSi/c1-5(2,3)6-4/h6H2,1-3H3/q+1. The highest BCUT2D eigenvalue weighted by Gasteiger charge is 2.00. The zero-order valence-corrected chi connectivity index (χ0v) is 7.53. The summed E-state index contributed by atoms with van der Waals surface area (Å²) in [6.07, 6.45) is 0. The SMILES string of the molecule is C[N+](C)(C)[SiH2]Br. The third-order valence-corrected chi connectivity index (χ3v) is 5.59. The molecule has 0 aliphatic heterocycles. The third-order valence-electron chi connectivity index (χ3n) is 0.359. The summed E-state index contributed by atoms with van der Waals surface area (Å²) in [5.74, 6) is 0. The second-order valence-electron chi connectivity index (χ2n) is 2.41. The number of quaternary nitrogens is 1. The Balaban J connectivity index is 3.17. The van der Waals surface area contributed by atoms with E-state index in [0.717, 1.165) is 4.15 Å². The molecule has 38 valence electrons. The van der Waals surface area contributed by atoms with Gasteiger partial charge in [0.2, 0.25) is 0 Å². The van der Waals surface area contributed by atoms with Crippen LogP contribution in [0, 0.1) is 0 Å². The Bertz CT molecular complexity index is 40.5. The molecule has 6 heavy (non-hydrogen) atoms. The molecule has 0 fully saturated rings.